The number of hydrogen-bond acceptors (Lipinski definition) is 2. The number of hydrogen-bond donors (Lipinski definition) is 1. The molecule has 0 aliphatic carbocycles. The van der Waals surface area contributed by atoms with E-state index in [1.807, 2.05) is 19.2 Å². The van der Waals surface area contributed by atoms with Crippen molar-refractivity contribution in [3.05, 3.63) is 72.1 Å². The fraction of sp³-hybridized carbons (Fsp3) is 0.167. The maximum Gasteiger partial charge on any atom is 0.0531 e. The van der Waals surface area contributed by atoms with Crippen molar-refractivity contribution in [3.63, 3.8) is 0 Å². The molecule has 0 radical (unpaired) electrons. The number of nitrogens with zero attached hydrogens (tertiary/aromatic N) is 1. The van der Waals surface area contributed by atoms with Crippen LogP contribution in [-0.4, -0.2) is 4.98 Å². The zero-order chi connectivity index (χ0) is 13.9. The van der Waals surface area contributed by atoms with E-state index in [1.165, 1.54) is 16.3 Å². The van der Waals surface area contributed by atoms with Crippen LogP contribution in [0.3, 0.4) is 0 Å². The molecule has 1 aromatic heterocycles. The molecule has 0 spiro atoms. The molecule has 2 nitrogen and oxygen atoms in total. The molecule has 1 heterocycles. The Morgan fingerprint density at radius 1 is 0.950 bits per heavy atom. The van der Waals surface area contributed by atoms with Gasteiger partial charge in [0.05, 0.1) is 11.9 Å². The minimum atomic E-state index is 0.254. The second-order valence-corrected chi connectivity index (χ2v) is 5.16. The zero-order valence-electron chi connectivity index (χ0n) is 11.8. The molecular weight excluding hydrogens is 244 g/mol. The van der Waals surface area contributed by atoms with E-state index >= 15 is 0 Å². The molecule has 0 aliphatic rings. The summed E-state index contributed by atoms with van der Waals surface area (Å²) >= 11 is 0. The Balaban J connectivity index is 1.84. The minimum Gasteiger partial charge on any atom is -0.377 e. The predicted octanol–water partition coefficient (Wildman–Crippen LogP) is 4.72. The first-order valence-electron chi connectivity index (χ1n) is 6.90. The van der Waals surface area contributed by atoms with Crippen molar-refractivity contribution in [2.75, 3.05) is 5.32 Å². The molecule has 20 heavy (non-hydrogen) atoms. The van der Waals surface area contributed by atoms with E-state index in [-0.39, 0.29) is 6.04 Å². The SMILES string of the molecule is Cc1ccc(NC(C)c2ccc3ccccc3c2)cn1. The van der Waals surface area contributed by atoms with E-state index in [9.17, 15) is 0 Å². The Morgan fingerprint density at radius 2 is 1.75 bits per heavy atom. The van der Waals surface area contributed by atoms with E-state index in [0.29, 0.717) is 0 Å². The standard InChI is InChI=1S/C18H18N2/c1-13-7-10-18(12-19-13)20-14(2)16-9-8-15-5-3-4-6-17(15)11-16/h3-12,14,20H,1-2H3. The highest BCUT2D eigenvalue weighted by Gasteiger charge is 2.06. The molecule has 3 aromatic rings. The molecule has 0 amide bonds. The number of aromatic nitrogens is 1. The fourth-order valence-corrected chi connectivity index (χ4v) is 2.36. The summed E-state index contributed by atoms with van der Waals surface area (Å²) in [6.07, 6.45) is 1.88. The van der Waals surface area contributed by atoms with E-state index in [4.69, 9.17) is 0 Å². The van der Waals surface area contributed by atoms with Gasteiger partial charge >= 0.3 is 0 Å². The van der Waals surface area contributed by atoms with Gasteiger partial charge in [-0.25, -0.2) is 0 Å². The molecule has 3 rings (SSSR count). The lowest BCUT2D eigenvalue weighted by molar-refractivity contribution is 0.884. The van der Waals surface area contributed by atoms with Gasteiger partial charge in [-0.05, 0) is 48.4 Å². The predicted molar refractivity (Wildman–Crippen MR) is 85.0 cm³/mol. The maximum absolute atomic E-state index is 4.31. The normalized spacial score (nSPS) is 12.3. The van der Waals surface area contributed by atoms with Crippen molar-refractivity contribution < 1.29 is 0 Å². The quantitative estimate of drug-likeness (QED) is 0.739. The summed E-state index contributed by atoms with van der Waals surface area (Å²) < 4.78 is 0. The molecule has 1 atom stereocenters. The third-order valence-corrected chi connectivity index (χ3v) is 3.57. The van der Waals surface area contributed by atoms with Crippen LogP contribution in [0.15, 0.2) is 60.8 Å². The first-order valence-corrected chi connectivity index (χ1v) is 6.90. The number of anilines is 1. The largest absolute Gasteiger partial charge is 0.377 e. The highest BCUT2D eigenvalue weighted by Crippen LogP contribution is 2.23. The number of pyridine rings is 1. The van der Waals surface area contributed by atoms with Gasteiger partial charge in [0, 0.05) is 11.7 Å². The minimum absolute atomic E-state index is 0.254. The second-order valence-electron chi connectivity index (χ2n) is 5.16. The number of nitrogens with one attached hydrogen (secondary N) is 1. The van der Waals surface area contributed by atoms with Crippen LogP contribution in [-0.2, 0) is 0 Å². The van der Waals surface area contributed by atoms with Gasteiger partial charge in [-0.15, -0.1) is 0 Å². The molecule has 2 heteroatoms. The molecule has 0 aliphatic heterocycles. The monoisotopic (exact) mass is 262 g/mol. The summed E-state index contributed by atoms with van der Waals surface area (Å²) in [6.45, 7) is 4.17. The zero-order valence-corrected chi connectivity index (χ0v) is 11.8. The summed E-state index contributed by atoms with van der Waals surface area (Å²) in [5.41, 5.74) is 3.37. The van der Waals surface area contributed by atoms with Crippen LogP contribution in [0.2, 0.25) is 0 Å². The first-order chi connectivity index (χ1) is 9.72. The summed E-state index contributed by atoms with van der Waals surface area (Å²) in [6, 6.07) is 19.4. The molecule has 0 fully saturated rings. The van der Waals surface area contributed by atoms with Gasteiger partial charge in [-0.3, -0.25) is 4.98 Å². The molecule has 1 N–H and O–H groups in total. The lowest BCUT2D eigenvalue weighted by Crippen LogP contribution is -2.06. The van der Waals surface area contributed by atoms with Crippen LogP contribution in [0, 0.1) is 6.92 Å². The van der Waals surface area contributed by atoms with Crippen LogP contribution < -0.4 is 5.32 Å². The summed E-state index contributed by atoms with van der Waals surface area (Å²) in [5.74, 6) is 0. The Bertz CT molecular complexity index is 717. The topological polar surface area (TPSA) is 24.9 Å². The van der Waals surface area contributed by atoms with Gasteiger partial charge in [-0.1, -0.05) is 36.4 Å². The van der Waals surface area contributed by atoms with Crippen LogP contribution in [0.5, 0.6) is 0 Å². The summed E-state index contributed by atoms with van der Waals surface area (Å²) in [7, 11) is 0. The highest BCUT2D eigenvalue weighted by atomic mass is 14.9. The first kappa shape index (κ1) is 12.7. The Kier molecular flexibility index (Phi) is 3.38. The van der Waals surface area contributed by atoms with Crippen LogP contribution >= 0.6 is 0 Å². The van der Waals surface area contributed by atoms with Crippen molar-refractivity contribution >= 4 is 16.5 Å². The van der Waals surface area contributed by atoms with Crippen molar-refractivity contribution in [1.82, 2.24) is 4.98 Å². The summed E-state index contributed by atoms with van der Waals surface area (Å²) in [5, 5.41) is 6.04. The third kappa shape index (κ3) is 2.64. The van der Waals surface area contributed by atoms with Crippen LogP contribution in [0.25, 0.3) is 10.8 Å². The van der Waals surface area contributed by atoms with Crippen LogP contribution in [0.4, 0.5) is 5.69 Å². The fourth-order valence-electron chi connectivity index (χ4n) is 2.36. The molecule has 1 unspecified atom stereocenters. The van der Waals surface area contributed by atoms with Gasteiger partial charge in [0.1, 0.15) is 0 Å². The Hall–Kier alpha value is -2.35. The molecular formula is C18H18N2. The van der Waals surface area contributed by atoms with Crippen molar-refractivity contribution in [1.29, 1.82) is 0 Å². The van der Waals surface area contributed by atoms with E-state index in [2.05, 4.69) is 65.8 Å². The average molecular weight is 262 g/mol. The molecule has 100 valence electrons. The van der Waals surface area contributed by atoms with Gasteiger partial charge < -0.3 is 5.32 Å². The van der Waals surface area contributed by atoms with Gasteiger partial charge in [-0.2, -0.15) is 0 Å². The Labute approximate surface area is 119 Å². The number of benzene rings is 2. The summed E-state index contributed by atoms with van der Waals surface area (Å²) in [4.78, 5) is 4.31. The lowest BCUT2D eigenvalue weighted by atomic mass is 10.0. The lowest BCUT2D eigenvalue weighted by Gasteiger charge is -2.16. The molecule has 0 bridgehead atoms. The van der Waals surface area contributed by atoms with Gasteiger partial charge in [0.15, 0.2) is 0 Å². The smallest absolute Gasteiger partial charge is 0.0531 e. The second kappa shape index (κ2) is 5.33. The van der Waals surface area contributed by atoms with Gasteiger partial charge in [0.25, 0.3) is 0 Å². The van der Waals surface area contributed by atoms with E-state index in [1.54, 1.807) is 0 Å². The van der Waals surface area contributed by atoms with Crippen LogP contribution in [0.1, 0.15) is 24.2 Å². The molecule has 0 saturated heterocycles. The highest BCUT2D eigenvalue weighted by molar-refractivity contribution is 5.83. The average Bonchev–Trinajstić information content (AvgIpc) is 2.49. The van der Waals surface area contributed by atoms with E-state index < -0.39 is 0 Å². The maximum atomic E-state index is 4.31. The van der Waals surface area contributed by atoms with Crippen molar-refractivity contribution in [2.24, 2.45) is 0 Å². The Morgan fingerprint density at radius 3 is 2.50 bits per heavy atom. The van der Waals surface area contributed by atoms with Crippen molar-refractivity contribution in [2.45, 2.75) is 19.9 Å². The number of rotatable bonds is 3. The third-order valence-electron chi connectivity index (χ3n) is 3.57. The van der Waals surface area contributed by atoms with E-state index in [0.717, 1.165) is 11.4 Å². The molecule has 2 aromatic carbocycles. The number of fused-ring (bicyclic) bond motifs is 1. The number of aryl methyl sites for hydroxylation is 1. The van der Waals surface area contributed by atoms with Crippen molar-refractivity contribution in [3.8, 4) is 0 Å². The van der Waals surface area contributed by atoms with Gasteiger partial charge in [0.2, 0.25) is 0 Å². The molecule has 0 saturated carbocycles.